The topological polar surface area (TPSA) is 286 Å². The van der Waals surface area contributed by atoms with Gasteiger partial charge in [-0.05, 0) is 57.1 Å². The number of aliphatic hydroxyl groups excluding tert-OH is 2. The van der Waals surface area contributed by atoms with Crippen LogP contribution in [-0.4, -0.2) is 123 Å². The van der Waals surface area contributed by atoms with E-state index in [-0.39, 0.29) is 44.7 Å². The number of fused-ring (bicyclic) bond motifs is 2. The van der Waals surface area contributed by atoms with Gasteiger partial charge in [-0.3, -0.25) is 33.8 Å². The summed E-state index contributed by atoms with van der Waals surface area (Å²) in [6, 6.07) is -0.455. The van der Waals surface area contributed by atoms with E-state index in [2.05, 4.69) is 36.6 Å². The van der Waals surface area contributed by atoms with Crippen molar-refractivity contribution >= 4 is 52.3 Å². The van der Waals surface area contributed by atoms with E-state index in [1.54, 1.807) is 20.0 Å². The zero-order valence-electron chi connectivity index (χ0n) is 31.1. The molecule has 2 aromatic rings. The Balaban J connectivity index is 1.78. The van der Waals surface area contributed by atoms with Crippen molar-refractivity contribution in [2.75, 3.05) is 13.1 Å². The summed E-state index contributed by atoms with van der Waals surface area (Å²) < 4.78 is 0. The van der Waals surface area contributed by atoms with Crippen LogP contribution in [0, 0.1) is 5.92 Å². The first kappa shape index (κ1) is 41.5. The highest BCUT2D eigenvalue weighted by Crippen LogP contribution is 2.23. The molecule has 3 heterocycles. The van der Waals surface area contributed by atoms with Gasteiger partial charge < -0.3 is 58.1 Å². The maximum atomic E-state index is 14.5. The summed E-state index contributed by atoms with van der Waals surface area (Å²) in [5, 5.41) is 35.2. The van der Waals surface area contributed by atoms with Crippen LogP contribution in [0.1, 0.15) is 65.4 Å². The first-order chi connectivity index (χ1) is 25.6. The van der Waals surface area contributed by atoms with E-state index in [1.165, 1.54) is 18.7 Å². The first-order valence-electron chi connectivity index (χ1n) is 18.4. The molecule has 0 aliphatic carbocycles. The molecule has 2 aliphatic heterocycles. The van der Waals surface area contributed by atoms with Crippen molar-refractivity contribution in [2.24, 2.45) is 22.4 Å². The Bertz CT molecular complexity index is 1710. The van der Waals surface area contributed by atoms with Crippen LogP contribution in [0.2, 0.25) is 0 Å². The normalized spacial score (nSPS) is 26.6. The average molecular weight is 755 g/mol. The Morgan fingerprint density at radius 3 is 2.07 bits per heavy atom. The highest BCUT2D eigenvalue weighted by molar-refractivity contribution is 5.99. The molecule has 54 heavy (non-hydrogen) atoms. The lowest BCUT2D eigenvalue weighted by Crippen LogP contribution is -2.64. The molecule has 296 valence electrons. The van der Waals surface area contributed by atoms with Gasteiger partial charge in [0.05, 0.1) is 12.2 Å². The number of guanidine groups is 1. The zero-order valence-corrected chi connectivity index (χ0v) is 31.1. The number of hydrogen-bond donors (Lipinski definition) is 10. The second-order valence-corrected chi connectivity index (χ2v) is 14.1. The van der Waals surface area contributed by atoms with Crippen LogP contribution in [0.5, 0.6) is 0 Å². The third kappa shape index (κ3) is 10.2. The van der Waals surface area contributed by atoms with Gasteiger partial charge in [0, 0.05) is 36.6 Å². The number of nitrogens with two attached hydrogens (primary N) is 2. The van der Waals surface area contributed by atoms with Gasteiger partial charge in [-0.15, -0.1) is 0 Å². The minimum absolute atomic E-state index is 0.00382. The summed E-state index contributed by atoms with van der Waals surface area (Å²) in [6.45, 7) is 6.35. The van der Waals surface area contributed by atoms with Gasteiger partial charge in [-0.2, -0.15) is 0 Å². The third-order valence-corrected chi connectivity index (χ3v) is 10.0. The van der Waals surface area contributed by atoms with E-state index >= 15 is 0 Å². The van der Waals surface area contributed by atoms with Gasteiger partial charge in [0.15, 0.2) is 5.96 Å². The van der Waals surface area contributed by atoms with Crippen molar-refractivity contribution in [2.45, 2.75) is 115 Å². The lowest BCUT2D eigenvalue weighted by Gasteiger charge is -2.33. The van der Waals surface area contributed by atoms with Gasteiger partial charge >= 0.3 is 0 Å². The van der Waals surface area contributed by atoms with Gasteiger partial charge in [0.2, 0.25) is 35.4 Å². The van der Waals surface area contributed by atoms with Gasteiger partial charge in [0.25, 0.3) is 0 Å². The number of hydrogen-bond acceptors (Lipinski definition) is 9. The van der Waals surface area contributed by atoms with Crippen LogP contribution >= 0.6 is 0 Å². The number of aromatic amines is 1. The number of aliphatic imine (C=N–C) groups is 1. The van der Waals surface area contributed by atoms with E-state index in [9.17, 15) is 39.0 Å². The maximum Gasteiger partial charge on any atom is 0.246 e. The Hall–Kier alpha value is -5.23. The molecular formula is C36H54N10O8. The van der Waals surface area contributed by atoms with E-state index < -0.39 is 89.8 Å². The van der Waals surface area contributed by atoms with Crippen LogP contribution in [-0.2, 0) is 35.2 Å². The smallest absolute Gasteiger partial charge is 0.246 e. The summed E-state index contributed by atoms with van der Waals surface area (Å²) in [7, 11) is 0. The number of nitrogens with zero attached hydrogens (tertiary/aromatic N) is 2. The molecule has 0 unspecified atom stereocenters. The van der Waals surface area contributed by atoms with Crippen molar-refractivity contribution in [1.29, 1.82) is 0 Å². The third-order valence-electron chi connectivity index (χ3n) is 10.0. The first-order valence-corrected chi connectivity index (χ1v) is 18.4. The van der Waals surface area contributed by atoms with Crippen LogP contribution < -0.4 is 38.1 Å². The zero-order chi connectivity index (χ0) is 39.7. The number of nitrogens with one attached hydrogen (secondary N) is 6. The largest absolute Gasteiger partial charge is 0.391 e. The SMILES string of the molecule is CC[C@H](C)[C@@H]1NC(=O)[C@H]([C@@H](C)O)NC(=O)[C@H]2CCCN2C(=O)[C@H](Cc2c[nH]c3ccccc23)NC(=O)[C@H](CCCN=C(N)N)NC(=O)[C@@H]([C@@H](C)O)NC1=O. The minimum atomic E-state index is -1.57. The predicted molar refractivity (Wildman–Crippen MR) is 199 cm³/mol. The molecule has 0 radical (unpaired) electrons. The van der Waals surface area contributed by atoms with Crippen LogP contribution in [0.25, 0.3) is 10.9 Å². The minimum Gasteiger partial charge on any atom is -0.391 e. The molecule has 0 bridgehead atoms. The molecule has 2 aliphatic rings. The van der Waals surface area contributed by atoms with Crippen molar-refractivity contribution in [3.63, 3.8) is 0 Å². The van der Waals surface area contributed by atoms with Crippen molar-refractivity contribution in [1.82, 2.24) is 36.5 Å². The quantitative estimate of drug-likeness (QED) is 0.0723. The van der Waals surface area contributed by atoms with Crippen LogP contribution in [0.4, 0.5) is 0 Å². The number of H-pyrrole nitrogens is 1. The molecule has 12 N–H and O–H groups in total. The fraction of sp³-hybridized carbons (Fsp3) is 0.583. The monoisotopic (exact) mass is 754 g/mol. The molecule has 18 nitrogen and oxygen atoms in total. The lowest BCUT2D eigenvalue weighted by molar-refractivity contribution is -0.143. The number of amides is 6. The Morgan fingerprint density at radius 1 is 0.833 bits per heavy atom. The molecule has 9 atom stereocenters. The standard InChI is InChI=1S/C36H54N10O8/c1-5-18(2)27-32(51)45-28(19(3)47)33(52)41-24(12-8-14-39-36(37)38)30(49)42-25(16-21-17-40-23-11-7-6-10-22(21)23)35(54)46-15-9-13-26(46)31(50)44-29(20(4)48)34(53)43-27/h6-7,10-11,17-20,24-29,40,47-48H,5,8-9,12-16H2,1-4H3,(H,41,52)(H,42,49)(H,43,53)(H,44,50)(H,45,51)(H4,37,38,39)/t18-,19+,20+,24-,25-,26+,27-,28+,29-/m0/s1. The van der Waals surface area contributed by atoms with E-state index in [0.29, 0.717) is 18.4 Å². The summed E-state index contributed by atoms with van der Waals surface area (Å²) in [4.78, 5) is 92.1. The van der Waals surface area contributed by atoms with Crippen LogP contribution in [0.15, 0.2) is 35.5 Å². The molecule has 18 heteroatoms. The number of rotatable bonds is 10. The lowest BCUT2D eigenvalue weighted by atomic mass is 9.96. The van der Waals surface area contributed by atoms with E-state index in [0.717, 1.165) is 10.9 Å². The van der Waals surface area contributed by atoms with E-state index in [4.69, 9.17) is 11.5 Å². The molecular weight excluding hydrogens is 700 g/mol. The number of para-hydroxylation sites is 1. The predicted octanol–water partition coefficient (Wildman–Crippen LogP) is -2.00. The summed E-state index contributed by atoms with van der Waals surface area (Å²) in [6.07, 6.45) is 0.222. The fourth-order valence-corrected chi connectivity index (χ4v) is 6.78. The Kier molecular flexibility index (Phi) is 14.4. The number of carbonyl (C=O) groups excluding carboxylic acids is 6. The van der Waals surface area contributed by atoms with Gasteiger partial charge in [-0.1, -0.05) is 38.5 Å². The molecule has 2 saturated heterocycles. The molecule has 2 fully saturated rings. The average Bonchev–Trinajstić information content (AvgIpc) is 3.79. The number of aromatic nitrogens is 1. The maximum absolute atomic E-state index is 14.5. The van der Waals surface area contributed by atoms with Crippen molar-refractivity contribution in [3.05, 3.63) is 36.0 Å². The number of aliphatic hydroxyl groups is 2. The molecule has 1 aromatic carbocycles. The second-order valence-electron chi connectivity index (χ2n) is 14.1. The summed E-state index contributed by atoms with van der Waals surface area (Å²) in [5.41, 5.74) is 12.5. The van der Waals surface area contributed by atoms with Crippen molar-refractivity contribution in [3.8, 4) is 0 Å². The highest BCUT2D eigenvalue weighted by Gasteiger charge is 2.42. The Labute approximate surface area is 313 Å². The number of benzene rings is 1. The van der Waals surface area contributed by atoms with Crippen LogP contribution in [0.3, 0.4) is 0 Å². The molecule has 1 aromatic heterocycles. The second kappa shape index (κ2) is 18.7. The van der Waals surface area contributed by atoms with Gasteiger partial charge in [-0.25, -0.2) is 0 Å². The summed E-state index contributed by atoms with van der Waals surface area (Å²) >= 11 is 0. The molecule has 0 spiro atoms. The van der Waals surface area contributed by atoms with Crippen molar-refractivity contribution < 1.29 is 39.0 Å². The molecule has 0 saturated carbocycles. The molecule has 4 rings (SSSR count). The summed E-state index contributed by atoms with van der Waals surface area (Å²) in [5.74, 6) is -5.22. The fourth-order valence-electron chi connectivity index (χ4n) is 6.78. The van der Waals surface area contributed by atoms with Gasteiger partial charge in [0.1, 0.15) is 36.3 Å². The Morgan fingerprint density at radius 2 is 1.43 bits per heavy atom. The van der Waals surface area contributed by atoms with E-state index in [1.807, 2.05) is 24.3 Å². The highest BCUT2D eigenvalue weighted by atomic mass is 16.3. The molecule has 6 amide bonds. The number of carbonyl (C=O) groups is 6.